The highest BCUT2D eigenvalue weighted by molar-refractivity contribution is 7.26. The summed E-state index contributed by atoms with van der Waals surface area (Å²) in [6.45, 7) is 0. The predicted molar refractivity (Wildman–Crippen MR) is 236 cm³/mol. The number of benzene rings is 8. The second-order valence-corrected chi connectivity index (χ2v) is 15.4. The van der Waals surface area contributed by atoms with Crippen LogP contribution in [-0.4, -0.2) is 19.5 Å². The Hall–Kier alpha value is -7.41. The minimum Gasteiger partial charge on any atom is -0.454 e. The lowest BCUT2D eigenvalue weighted by Crippen LogP contribution is -2.00. The summed E-state index contributed by atoms with van der Waals surface area (Å²) in [5.41, 5.74) is 10.3. The van der Waals surface area contributed by atoms with Crippen LogP contribution in [0.2, 0.25) is 0 Å². The Morgan fingerprint density at radius 1 is 0.404 bits per heavy atom. The van der Waals surface area contributed by atoms with Gasteiger partial charge in [-0.05, 0) is 53.6 Å². The lowest BCUT2D eigenvalue weighted by atomic mass is 10.0. The molecule has 0 bridgehead atoms. The van der Waals surface area contributed by atoms with Crippen molar-refractivity contribution in [3.8, 4) is 51.0 Å². The summed E-state index contributed by atoms with van der Waals surface area (Å²) in [5.74, 6) is 1.97. The Balaban J connectivity index is 0.979. The van der Waals surface area contributed by atoms with Crippen LogP contribution in [0.15, 0.2) is 186 Å². The van der Waals surface area contributed by atoms with Gasteiger partial charge in [0.25, 0.3) is 0 Å². The first-order valence-electron chi connectivity index (χ1n) is 19.0. The Kier molecular flexibility index (Phi) is 7.03. The van der Waals surface area contributed by atoms with Crippen molar-refractivity contribution in [3.63, 3.8) is 0 Å². The molecule has 8 aromatic carbocycles. The molecule has 0 aliphatic carbocycles. The van der Waals surface area contributed by atoms with Crippen LogP contribution in [0.5, 0.6) is 0 Å². The van der Waals surface area contributed by atoms with Crippen molar-refractivity contribution in [1.29, 1.82) is 0 Å². The SMILES string of the molecule is c1ccc(-c2nc(-c3ccccc3)nc(-c3cccc4c3sc3cc(-c5ccc6c(c5)oc5c(-n7c8ccccc8c8ccccc87)cccc56)ccc34)n2)cc1. The van der Waals surface area contributed by atoms with Gasteiger partial charge in [0.2, 0.25) is 0 Å². The molecule has 266 valence electrons. The van der Waals surface area contributed by atoms with Crippen LogP contribution < -0.4 is 0 Å². The van der Waals surface area contributed by atoms with E-state index >= 15 is 0 Å². The largest absolute Gasteiger partial charge is 0.454 e. The molecule has 12 rings (SSSR count). The molecule has 6 heteroatoms. The fraction of sp³-hybridized carbons (Fsp3) is 0. The van der Waals surface area contributed by atoms with Gasteiger partial charge >= 0.3 is 0 Å². The summed E-state index contributed by atoms with van der Waals surface area (Å²) in [6.07, 6.45) is 0. The van der Waals surface area contributed by atoms with Gasteiger partial charge in [0.15, 0.2) is 23.1 Å². The Morgan fingerprint density at radius 2 is 0.965 bits per heavy atom. The molecule has 0 amide bonds. The van der Waals surface area contributed by atoms with Gasteiger partial charge in [0.05, 0.1) is 16.7 Å². The average Bonchev–Trinajstić information content (AvgIpc) is 3.96. The molecular formula is C51H30N4OS. The van der Waals surface area contributed by atoms with E-state index in [-0.39, 0.29) is 0 Å². The van der Waals surface area contributed by atoms with E-state index < -0.39 is 0 Å². The van der Waals surface area contributed by atoms with E-state index in [2.05, 4.69) is 126 Å². The molecule has 4 heterocycles. The van der Waals surface area contributed by atoms with Crippen LogP contribution in [0.1, 0.15) is 0 Å². The standard InChI is InChI=1S/C51H30N4OS/c1-3-13-31(14-4-1)49-52-50(32-15-5-2-6-16-32)54-51(53-49)41-21-11-20-40-38-28-26-34(30-46(38)57-48(40)41)33-25-27-37-39-19-12-24-44(47(39)56-45(37)29-33)55-42-22-9-7-17-35(42)36-18-8-10-23-43(36)55/h1-30H. The van der Waals surface area contributed by atoms with Gasteiger partial charge in [-0.2, -0.15) is 0 Å². The number of furan rings is 1. The smallest absolute Gasteiger partial charge is 0.165 e. The third kappa shape index (κ3) is 5.04. The van der Waals surface area contributed by atoms with Gasteiger partial charge in [-0.3, -0.25) is 0 Å². The van der Waals surface area contributed by atoms with Gasteiger partial charge in [0.1, 0.15) is 5.58 Å². The van der Waals surface area contributed by atoms with E-state index in [0.29, 0.717) is 17.5 Å². The van der Waals surface area contributed by atoms with E-state index in [1.807, 2.05) is 60.7 Å². The monoisotopic (exact) mass is 746 g/mol. The van der Waals surface area contributed by atoms with Crippen molar-refractivity contribution in [2.24, 2.45) is 0 Å². The fourth-order valence-electron chi connectivity index (χ4n) is 8.40. The minimum absolute atomic E-state index is 0.656. The summed E-state index contributed by atoms with van der Waals surface area (Å²) in [7, 11) is 0. The van der Waals surface area contributed by atoms with Crippen molar-refractivity contribution in [2.75, 3.05) is 0 Å². The molecule has 0 radical (unpaired) electrons. The highest BCUT2D eigenvalue weighted by atomic mass is 32.1. The van der Waals surface area contributed by atoms with Crippen LogP contribution in [0.25, 0.3) is 115 Å². The van der Waals surface area contributed by atoms with Crippen molar-refractivity contribution < 1.29 is 4.42 Å². The molecule has 0 aliphatic heterocycles. The Labute approximate surface area is 330 Å². The van der Waals surface area contributed by atoms with Crippen LogP contribution in [0, 0.1) is 0 Å². The molecule has 0 fully saturated rings. The molecule has 0 aliphatic rings. The van der Waals surface area contributed by atoms with Gasteiger partial charge in [-0.1, -0.05) is 140 Å². The number of nitrogens with zero attached hydrogens (tertiary/aromatic N) is 4. The van der Waals surface area contributed by atoms with Crippen molar-refractivity contribution >= 4 is 75.3 Å². The molecule has 5 nitrogen and oxygen atoms in total. The van der Waals surface area contributed by atoms with Crippen molar-refractivity contribution in [1.82, 2.24) is 19.5 Å². The predicted octanol–water partition coefficient (Wildman–Crippen LogP) is 13.9. The number of hydrogen-bond acceptors (Lipinski definition) is 5. The molecular weight excluding hydrogens is 717 g/mol. The molecule has 0 saturated heterocycles. The second-order valence-electron chi connectivity index (χ2n) is 14.4. The first kappa shape index (κ1) is 31.9. The molecule has 12 aromatic rings. The summed E-state index contributed by atoms with van der Waals surface area (Å²) in [5, 5.41) is 7.07. The maximum absolute atomic E-state index is 6.81. The minimum atomic E-state index is 0.656. The van der Waals surface area contributed by atoms with E-state index in [1.54, 1.807) is 11.3 Å². The summed E-state index contributed by atoms with van der Waals surface area (Å²) in [4.78, 5) is 15.0. The molecule has 4 aromatic heterocycles. The van der Waals surface area contributed by atoms with E-state index in [1.165, 1.54) is 26.2 Å². The zero-order valence-electron chi connectivity index (χ0n) is 30.4. The quantitative estimate of drug-likeness (QED) is 0.176. The van der Waals surface area contributed by atoms with Gasteiger partial charge in [0, 0.05) is 58.4 Å². The zero-order chi connectivity index (χ0) is 37.5. The maximum Gasteiger partial charge on any atom is 0.165 e. The highest BCUT2D eigenvalue weighted by Crippen LogP contribution is 2.43. The molecule has 0 atom stereocenters. The third-order valence-corrected chi connectivity index (χ3v) is 12.3. The molecule has 0 unspecified atom stereocenters. The van der Waals surface area contributed by atoms with Crippen LogP contribution in [-0.2, 0) is 0 Å². The van der Waals surface area contributed by atoms with Crippen LogP contribution >= 0.6 is 11.3 Å². The normalized spacial score (nSPS) is 11.9. The zero-order valence-corrected chi connectivity index (χ0v) is 31.2. The summed E-state index contributed by atoms with van der Waals surface area (Å²) in [6, 6.07) is 63.7. The number of thiophene rings is 1. The van der Waals surface area contributed by atoms with Crippen LogP contribution in [0.4, 0.5) is 0 Å². The van der Waals surface area contributed by atoms with Crippen molar-refractivity contribution in [2.45, 2.75) is 0 Å². The summed E-state index contributed by atoms with van der Waals surface area (Å²) >= 11 is 1.78. The summed E-state index contributed by atoms with van der Waals surface area (Å²) < 4.78 is 11.5. The number of aromatic nitrogens is 4. The van der Waals surface area contributed by atoms with E-state index in [9.17, 15) is 0 Å². The van der Waals surface area contributed by atoms with E-state index in [0.717, 1.165) is 71.2 Å². The average molecular weight is 747 g/mol. The number of para-hydroxylation sites is 3. The topological polar surface area (TPSA) is 56.7 Å². The molecule has 0 saturated carbocycles. The Bertz CT molecular complexity index is 3420. The first-order chi connectivity index (χ1) is 28.2. The number of fused-ring (bicyclic) bond motifs is 9. The van der Waals surface area contributed by atoms with Crippen molar-refractivity contribution in [3.05, 3.63) is 182 Å². The third-order valence-electron chi connectivity index (χ3n) is 11.1. The van der Waals surface area contributed by atoms with Gasteiger partial charge in [-0.25, -0.2) is 15.0 Å². The fourth-order valence-corrected chi connectivity index (χ4v) is 9.66. The lowest BCUT2D eigenvalue weighted by molar-refractivity contribution is 0.666. The van der Waals surface area contributed by atoms with Crippen LogP contribution in [0.3, 0.4) is 0 Å². The second kappa shape index (κ2) is 12.6. The first-order valence-corrected chi connectivity index (χ1v) is 19.8. The lowest BCUT2D eigenvalue weighted by Gasteiger charge is -2.09. The Morgan fingerprint density at radius 3 is 1.67 bits per heavy atom. The highest BCUT2D eigenvalue weighted by Gasteiger charge is 2.19. The molecule has 0 N–H and O–H groups in total. The number of rotatable bonds is 5. The molecule has 57 heavy (non-hydrogen) atoms. The van der Waals surface area contributed by atoms with E-state index in [4.69, 9.17) is 19.4 Å². The van der Waals surface area contributed by atoms with Gasteiger partial charge in [-0.15, -0.1) is 11.3 Å². The maximum atomic E-state index is 6.81. The van der Waals surface area contributed by atoms with Gasteiger partial charge < -0.3 is 8.98 Å². The number of hydrogen-bond donors (Lipinski definition) is 0. The molecule has 0 spiro atoms.